The summed E-state index contributed by atoms with van der Waals surface area (Å²) < 4.78 is 67.1. The van der Waals surface area contributed by atoms with Crippen molar-refractivity contribution in [2.75, 3.05) is 10.0 Å². The summed E-state index contributed by atoms with van der Waals surface area (Å²) in [5.41, 5.74) is 0.728. The maximum absolute atomic E-state index is 13.0. The molecule has 0 spiro atoms. The molecule has 0 saturated heterocycles. The standard InChI is InChI=1S/C22H17Cl2F3N2O3S/c1-12-3-6-16(9-13(12)2)29-33(31,32)20-10-14(4-7-18(20)24)21(30)28-19-11-15(22(25,26)27)5-8-17(19)23/h3-11,29H,1-2H3,(H,28,30). The van der Waals surface area contributed by atoms with E-state index in [-0.39, 0.29) is 26.2 Å². The second kappa shape index (κ2) is 9.24. The minimum absolute atomic E-state index is 0.116. The largest absolute Gasteiger partial charge is 0.416 e. The van der Waals surface area contributed by atoms with Crippen LogP contribution in [0.15, 0.2) is 59.5 Å². The van der Waals surface area contributed by atoms with Gasteiger partial charge in [-0.2, -0.15) is 13.2 Å². The molecule has 5 nitrogen and oxygen atoms in total. The Labute approximate surface area is 198 Å². The Morgan fingerprint density at radius 2 is 1.55 bits per heavy atom. The first-order chi connectivity index (χ1) is 15.3. The molecule has 0 saturated carbocycles. The molecule has 33 heavy (non-hydrogen) atoms. The van der Waals surface area contributed by atoms with Crippen molar-refractivity contribution in [3.8, 4) is 0 Å². The average Bonchev–Trinajstić information content (AvgIpc) is 2.71. The number of carbonyl (C=O) groups excluding carboxylic acids is 1. The number of hydrogen-bond acceptors (Lipinski definition) is 3. The number of carbonyl (C=O) groups is 1. The fraction of sp³-hybridized carbons (Fsp3) is 0.136. The molecule has 0 aliphatic carbocycles. The van der Waals surface area contributed by atoms with Crippen LogP contribution in [0.4, 0.5) is 24.5 Å². The second-order valence-electron chi connectivity index (χ2n) is 7.20. The van der Waals surface area contributed by atoms with Crippen molar-refractivity contribution < 1.29 is 26.4 Å². The van der Waals surface area contributed by atoms with Crippen molar-refractivity contribution >= 4 is 50.5 Å². The third kappa shape index (κ3) is 5.79. The number of aryl methyl sites for hydroxylation is 2. The lowest BCUT2D eigenvalue weighted by Crippen LogP contribution is -2.17. The van der Waals surface area contributed by atoms with Gasteiger partial charge in [0, 0.05) is 11.3 Å². The lowest BCUT2D eigenvalue weighted by molar-refractivity contribution is -0.137. The third-order valence-electron chi connectivity index (χ3n) is 4.78. The second-order valence-corrected chi connectivity index (χ2v) is 9.66. The quantitative estimate of drug-likeness (QED) is 0.397. The van der Waals surface area contributed by atoms with Gasteiger partial charge in [0.05, 0.1) is 21.3 Å². The molecule has 174 valence electrons. The SMILES string of the molecule is Cc1ccc(NS(=O)(=O)c2cc(C(=O)Nc3cc(C(F)(F)F)ccc3Cl)ccc2Cl)cc1C. The molecule has 0 atom stereocenters. The van der Waals surface area contributed by atoms with E-state index in [9.17, 15) is 26.4 Å². The number of anilines is 2. The highest BCUT2D eigenvalue weighted by Gasteiger charge is 2.31. The number of halogens is 5. The van der Waals surface area contributed by atoms with E-state index in [0.717, 1.165) is 29.3 Å². The number of nitrogens with one attached hydrogen (secondary N) is 2. The summed E-state index contributed by atoms with van der Waals surface area (Å²) in [4.78, 5) is 12.3. The van der Waals surface area contributed by atoms with Gasteiger partial charge in [0.2, 0.25) is 0 Å². The van der Waals surface area contributed by atoms with Crippen LogP contribution < -0.4 is 10.0 Å². The first kappa shape index (κ1) is 24.9. The zero-order chi connectivity index (χ0) is 24.6. The molecular formula is C22H17Cl2F3N2O3S. The van der Waals surface area contributed by atoms with Crippen molar-refractivity contribution in [1.29, 1.82) is 0 Å². The zero-order valence-electron chi connectivity index (χ0n) is 17.2. The summed E-state index contributed by atoms with van der Waals surface area (Å²) in [6.45, 7) is 3.70. The van der Waals surface area contributed by atoms with Crippen molar-refractivity contribution in [1.82, 2.24) is 0 Å². The van der Waals surface area contributed by atoms with Crippen molar-refractivity contribution in [3.05, 3.63) is 86.9 Å². The van der Waals surface area contributed by atoms with Gasteiger partial charge in [0.15, 0.2) is 0 Å². The van der Waals surface area contributed by atoms with Gasteiger partial charge in [0.1, 0.15) is 4.90 Å². The topological polar surface area (TPSA) is 75.3 Å². The van der Waals surface area contributed by atoms with E-state index in [4.69, 9.17) is 23.2 Å². The monoisotopic (exact) mass is 516 g/mol. The van der Waals surface area contributed by atoms with Gasteiger partial charge < -0.3 is 5.32 Å². The summed E-state index contributed by atoms with van der Waals surface area (Å²) in [6.07, 6.45) is -4.63. The van der Waals surface area contributed by atoms with Crippen LogP contribution in [0.5, 0.6) is 0 Å². The number of amides is 1. The van der Waals surface area contributed by atoms with Crippen molar-refractivity contribution in [2.45, 2.75) is 24.9 Å². The van der Waals surface area contributed by atoms with Gasteiger partial charge in [-0.1, -0.05) is 29.3 Å². The molecule has 0 aromatic heterocycles. The molecule has 0 aliphatic rings. The normalized spacial score (nSPS) is 11.8. The lowest BCUT2D eigenvalue weighted by atomic mass is 10.1. The molecule has 0 aliphatic heterocycles. The number of sulfonamides is 1. The average molecular weight is 517 g/mol. The van der Waals surface area contributed by atoms with Gasteiger partial charge in [-0.3, -0.25) is 9.52 Å². The first-order valence-corrected chi connectivity index (χ1v) is 11.6. The Kier molecular flexibility index (Phi) is 6.97. The number of benzene rings is 3. The molecule has 2 N–H and O–H groups in total. The van der Waals surface area contributed by atoms with Gasteiger partial charge >= 0.3 is 6.18 Å². The Bertz CT molecular complexity index is 1340. The Morgan fingerprint density at radius 3 is 2.18 bits per heavy atom. The summed E-state index contributed by atoms with van der Waals surface area (Å²) in [6, 6.07) is 10.9. The van der Waals surface area contributed by atoms with Crippen LogP contribution in [0.2, 0.25) is 10.0 Å². The minimum Gasteiger partial charge on any atom is -0.321 e. The van der Waals surface area contributed by atoms with Gasteiger partial charge in [0.25, 0.3) is 15.9 Å². The van der Waals surface area contributed by atoms with Crippen LogP contribution in [0.1, 0.15) is 27.0 Å². The van der Waals surface area contributed by atoms with Crippen LogP contribution in [0.25, 0.3) is 0 Å². The zero-order valence-corrected chi connectivity index (χ0v) is 19.5. The fourth-order valence-corrected chi connectivity index (χ4v) is 4.60. The van der Waals surface area contributed by atoms with Gasteiger partial charge in [-0.15, -0.1) is 0 Å². The number of hydrogen-bond donors (Lipinski definition) is 2. The van der Waals surface area contributed by atoms with Crippen LogP contribution in [0.3, 0.4) is 0 Å². The number of rotatable bonds is 5. The van der Waals surface area contributed by atoms with Gasteiger partial charge in [-0.05, 0) is 73.5 Å². The van der Waals surface area contributed by atoms with E-state index >= 15 is 0 Å². The molecule has 3 rings (SSSR count). The first-order valence-electron chi connectivity index (χ1n) is 9.35. The van der Waals surface area contributed by atoms with Crippen molar-refractivity contribution in [3.63, 3.8) is 0 Å². The molecule has 3 aromatic carbocycles. The fourth-order valence-electron chi connectivity index (χ4n) is 2.86. The number of alkyl halides is 3. The molecule has 0 unspecified atom stereocenters. The minimum atomic E-state index is -4.63. The summed E-state index contributed by atoms with van der Waals surface area (Å²) >= 11 is 12.0. The Balaban J connectivity index is 1.91. The highest BCUT2D eigenvalue weighted by atomic mass is 35.5. The van der Waals surface area contributed by atoms with Crippen molar-refractivity contribution in [2.24, 2.45) is 0 Å². The highest BCUT2D eigenvalue weighted by molar-refractivity contribution is 7.92. The van der Waals surface area contributed by atoms with E-state index in [0.29, 0.717) is 11.8 Å². The van der Waals surface area contributed by atoms with E-state index in [1.165, 1.54) is 12.1 Å². The van der Waals surface area contributed by atoms with Crippen LogP contribution in [-0.4, -0.2) is 14.3 Å². The maximum Gasteiger partial charge on any atom is 0.416 e. The van der Waals surface area contributed by atoms with E-state index in [1.54, 1.807) is 18.2 Å². The van der Waals surface area contributed by atoms with Crippen LogP contribution in [-0.2, 0) is 16.2 Å². The molecule has 11 heteroatoms. The molecule has 3 aromatic rings. The lowest BCUT2D eigenvalue weighted by Gasteiger charge is -2.14. The molecule has 0 fully saturated rings. The van der Waals surface area contributed by atoms with Crippen LogP contribution in [0, 0.1) is 13.8 Å². The van der Waals surface area contributed by atoms with E-state index in [2.05, 4.69) is 10.0 Å². The summed E-state index contributed by atoms with van der Waals surface area (Å²) in [7, 11) is -4.17. The smallest absolute Gasteiger partial charge is 0.321 e. The Morgan fingerprint density at radius 1 is 0.879 bits per heavy atom. The molecular weight excluding hydrogens is 500 g/mol. The third-order valence-corrected chi connectivity index (χ3v) is 6.98. The van der Waals surface area contributed by atoms with Crippen LogP contribution >= 0.6 is 23.2 Å². The molecule has 0 heterocycles. The predicted octanol–water partition coefficient (Wildman–Crippen LogP) is 6.68. The van der Waals surface area contributed by atoms with E-state index < -0.39 is 27.7 Å². The summed E-state index contributed by atoms with van der Waals surface area (Å²) in [5.74, 6) is -0.865. The Hall–Kier alpha value is -2.75. The summed E-state index contributed by atoms with van der Waals surface area (Å²) in [5, 5.41) is 2.02. The van der Waals surface area contributed by atoms with Gasteiger partial charge in [-0.25, -0.2) is 8.42 Å². The molecule has 1 amide bonds. The molecule has 0 radical (unpaired) electrons. The molecule has 0 bridgehead atoms. The van der Waals surface area contributed by atoms with E-state index in [1.807, 2.05) is 13.8 Å². The highest BCUT2D eigenvalue weighted by Crippen LogP contribution is 2.34. The maximum atomic E-state index is 13.0. The predicted molar refractivity (Wildman–Crippen MR) is 123 cm³/mol.